The molecule has 0 atom stereocenters. The number of benzene rings is 7. The van der Waals surface area contributed by atoms with Crippen LogP contribution in [0.2, 0.25) is 0 Å². The maximum absolute atomic E-state index is 6.37. The van der Waals surface area contributed by atoms with Gasteiger partial charge in [-0.2, -0.15) is 0 Å². The first-order valence-electron chi connectivity index (χ1n) is 12.9. The fourth-order valence-electron chi connectivity index (χ4n) is 6.28. The minimum Gasteiger partial charge on any atom is -0.452 e. The predicted molar refractivity (Wildman–Crippen MR) is 159 cm³/mol. The van der Waals surface area contributed by atoms with E-state index in [0.29, 0.717) is 0 Å². The maximum Gasteiger partial charge on any atom is 0.178 e. The average molecular weight is 485 g/mol. The predicted octanol–water partition coefficient (Wildman–Crippen LogP) is 10.6. The molecule has 0 spiro atoms. The van der Waals surface area contributed by atoms with E-state index >= 15 is 0 Å². The highest BCUT2D eigenvalue weighted by Gasteiger charge is 2.16. The fraction of sp³-hybridized carbons (Fsp3) is 0. The summed E-state index contributed by atoms with van der Waals surface area (Å²) in [6.45, 7) is 0. The molecule has 0 fully saturated rings. The Labute approximate surface area is 217 Å². The standard InChI is InChI=1S/C36H20O2/c1-2-9-25-23(7-1)24-8-3-4-10-26(24)31-19-21(13-15-27(25)31)22-14-18-34-32(20-22)30-17-16-29-28-11-5-6-12-33(28)37-35(29)36(30)38-34/h1-20H. The van der Waals surface area contributed by atoms with Gasteiger partial charge in [-0.3, -0.25) is 0 Å². The Hall–Kier alpha value is -5.08. The molecular formula is C36H20O2. The van der Waals surface area contributed by atoms with Crippen LogP contribution in [-0.2, 0) is 0 Å². The highest BCUT2D eigenvalue weighted by molar-refractivity contribution is 6.26. The summed E-state index contributed by atoms with van der Waals surface area (Å²) in [5.41, 5.74) is 5.73. The quantitative estimate of drug-likeness (QED) is 0.217. The molecule has 0 aliphatic heterocycles. The van der Waals surface area contributed by atoms with E-state index in [4.69, 9.17) is 8.83 Å². The van der Waals surface area contributed by atoms with Gasteiger partial charge in [0, 0.05) is 21.5 Å². The molecular weight excluding hydrogens is 464 g/mol. The van der Waals surface area contributed by atoms with E-state index in [1.54, 1.807) is 0 Å². The summed E-state index contributed by atoms with van der Waals surface area (Å²) in [5, 5.41) is 12.1. The van der Waals surface area contributed by atoms with Crippen molar-refractivity contribution in [2.75, 3.05) is 0 Å². The number of para-hydroxylation sites is 1. The van der Waals surface area contributed by atoms with Crippen LogP contribution < -0.4 is 0 Å². The van der Waals surface area contributed by atoms with Crippen molar-refractivity contribution in [1.29, 1.82) is 0 Å². The molecule has 2 nitrogen and oxygen atoms in total. The van der Waals surface area contributed by atoms with E-state index in [2.05, 4.69) is 103 Å². The van der Waals surface area contributed by atoms with Crippen LogP contribution in [-0.4, -0.2) is 0 Å². The van der Waals surface area contributed by atoms with Crippen molar-refractivity contribution in [2.24, 2.45) is 0 Å². The molecule has 0 N–H and O–H groups in total. The summed E-state index contributed by atoms with van der Waals surface area (Å²) < 4.78 is 12.6. The molecule has 176 valence electrons. The zero-order valence-corrected chi connectivity index (χ0v) is 20.4. The molecule has 2 heteroatoms. The van der Waals surface area contributed by atoms with Crippen molar-refractivity contribution < 1.29 is 8.83 Å². The van der Waals surface area contributed by atoms with Gasteiger partial charge >= 0.3 is 0 Å². The van der Waals surface area contributed by atoms with Crippen LogP contribution in [0.1, 0.15) is 0 Å². The second-order valence-corrected chi connectivity index (χ2v) is 10.1. The lowest BCUT2D eigenvalue weighted by atomic mass is 9.92. The molecule has 7 aromatic carbocycles. The van der Waals surface area contributed by atoms with Crippen molar-refractivity contribution in [2.45, 2.75) is 0 Å². The Morgan fingerprint density at radius 1 is 0.289 bits per heavy atom. The average Bonchev–Trinajstić information content (AvgIpc) is 3.55. The highest BCUT2D eigenvalue weighted by atomic mass is 16.4. The van der Waals surface area contributed by atoms with Crippen LogP contribution in [0.4, 0.5) is 0 Å². The summed E-state index contributed by atoms with van der Waals surface area (Å²) in [7, 11) is 0. The van der Waals surface area contributed by atoms with Crippen LogP contribution in [0, 0.1) is 0 Å². The van der Waals surface area contributed by atoms with E-state index in [1.165, 1.54) is 43.4 Å². The number of hydrogen-bond donors (Lipinski definition) is 0. The normalized spacial score (nSPS) is 12.2. The van der Waals surface area contributed by atoms with Crippen LogP contribution >= 0.6 is 0 Å². The molecule has 0 aliphatic carbocycles. The molecule has 2 heterocycles. The SMILES string of the molecule is c1ccc2c(c1)oc1c2ccc2c3cc(-c4ccc5c6ccccc6c6ccccc6c5c4)ccc3oc21. The zero-order chi connectivity index (χ0) is 24.8. The molecule has 9 aromatic rings. The smallest absolute Gasteiger partial charge is 0.178 e. The Bertz CT molecular complexity index is 2370. The van der Waals surface area contributed by atoms with Crippen LogP contribution in [0.5, 0.6) is 0 Å². The molecule has 0 saturated carbocycles. The Morgan fingerprint density at radius 3 is 1.37 bits per heavy atom. The molecule has 0 aliphatic rings. The second-order valence-electron chi connectivity index (χ2n) is 10.1. The monoisotopic (exact) mass is 484 g/mol. The number of rotatable bonds is 1. The van der Waals surface area contributed by atoms with Gasteiger partial charge in [-0.15, -0.1) is 0 Å². The summed E-state index contributed by atoms with van der Waals surface area (Å²) >= 11 is 0. The van der Waals surface area contributed by atoms with Crippen molar-refractivity contribution in [3.8, 4) is 11.1 Å². The minimum absolute atomic E-state index is 0.807. The van der Waals surface area contributed by atoms with E-state index in [1.807, 2.05) is 18.2 Å². The van der Waals surface area contributed by atoms with E-state index < -0.39 is 0 Å². The van der Waals surface area contributed by atoms with E-state index in [0.717, 1.165) is 43.9 Å². The minimum atomic E-state index is 0.807. The molecule has 0 bridgehead atoms. The van der Waals surface area contributed by atoms with Gasteiger partial charge in [0.05, 0.1) is 0 Å². The Morgan fingerprint density at radius 2 is 0.711 bits per heavy atom. The lowest BCUT2D eigenvalue weighted by molar-refractivity contribution is 0.633. The molecule has 0 radical (unpaired) electrons. The van der Waals surface area contributed by atoms with Crippen molar-refractivity contribution in [3.05, 3.63) is 121 Å². The van der Waals surface area contributed by atoms with Crippen molar-refractivity contribution >= 4 is 76.2 Å². The van der Waals surface area contributed by atoms with E-state index in [9.17, 15) is 0 Å². The summed E-state index contributed by atoms with van der Waals surface area (Å²) in [5.74, 6) is 0. The Kier molecular flexibility index (Phi) is 3.82. The van der Waals surface area contributed by atoms with Gasteiger partial charge in [0.1, 0.15) is 11.2 Å². The third-order valence-electron chi connectivity index (χ3n) is 8.06. The first kappa shape index (κ1) is 20.0. The Balaban J connectivity index is 1.30. The topological polar surface area (TPSA) is 26.3 Å². The van der Waals surface area contributed by atoms with Gasteiger partial charge in [-0.25, -0.2) is 0 Å². The third kappa shape index (κ3) is 2.61. The molecule has 2 aromatic heterocycles. The van der Waals surface area contributed by atoms with Crippen LogP contribution in [0.25, 0.3) is 87.3 Å². The second kappa shape index (κ2) is 7.24. The maximum atomic E-state index is 6.37. The molecule has 38 heavy (non-hydrogen) atoms. The lowest BCUT2D eigenvalue weighted by Gasteiger charge is -2.12. The number of hydrogen-bond acceptors (Lipinski definition) is 2. The number of fused-ring (bicyclic) bond motifs is 13. The van der Waals surface area contributed by atoms with Crippen LogP contribution in [0.3, 0.4) is 0 Å². The van der Waals surface area contributed by atoms with Gasteiger partial charge in [0.25, 0.3) is 0 Å². The molecule has 9 rings (SSSR count). The van der Waals surface area contributed by atoms with Crippen molar-refractivity contribution in [1.82, 2.24) is 0 Å². The van der Waals surface area contributed by atoms with E-state index in [-0.39, 0.29) is 0 Å². The zero-order valence-electron chi connectivity index (χ0n) is 20.4. The van der Waals surface area contributed by atoms with Gasteiger partial charge in [-0.05, 0) is 79.8 Å². The lowest BCUT2D eigenvalue weighted by Crippen LogP contribution is -1.85. The van der Waals surface area contributed by atoms with Gasteiger partial charge in [0.15, 0.2) is 11.2 Å². The highest BCUT2D eigenvalue weighted by Crippen LogP contribution is 2.41. The molecule has 0 amide bonds. The van der Waals surface area contributed by atoms with Crippen LogP contribution in [0.15, 0.2) is 130 Å². The van der Waals surface area contributed by atoms with Gasteiger partial charge < -0.3 is 8.83 Å². The first-order valence-corrected chi connectivity index (χ1v) is 12.9. The van der Waals surface area contributed by atoms with Gasteiger partial charge in [0.2, 0.25) is 0 Å². The molecule has 0 unspecified atom stereocenters. The summed E-state index contributed by atoms with van der Waals surface area (Å²) in [6.07, 6.45) is 0. The first-order chi connectivity index (χ1) is 18.8. The molecule has 0 saturated heterocycles. The largest absolute Gasteiger partial charge is 0.452 e. The van der Waals surface area contributed by atoms with Gasteiger partial charge in [-0.1, -0.05) is 84.9 Å². The summed E-state index contributed by atoms with van der Waals surface area (Å²) in [6, 6.07) is 43.2. The number of furan rings is 2. The summed E-state index contributed by atoms with van der Waals surface area (Å²) in [4.78, 5) is 0. The fourth-order valence-corrected chi connectivity index (χ4v) is 6.28. The van der Waals surface area contributed by atoms with Crippen molar-refractivity contribution in [3.63, 3.8) is 0 Å². The third-order valence-corrected chi connectivity index (χ3v) is 8.06.